The molecule has 1 atom stereocenters. The molecule has 1 unspecified atom stereocenters. The van der Waals surface area contributed by atoms with E-state index in [1.807, 2.05) is 42.5 Å². The Labute approximate surface area is 138 Å². The molecule has 0 fully saturated rings. The van der Waals surface area contributed by atoms with Gasteiger partial charge in [-0.15, -0.1) is 0 Å². The van der Waals surface area contributed by atoms with Crippen LogP contribution in [0.2, 0.25) is 5.02 Å². The summed E-state index contributed by atoms with van der Waals surface area (Å²) in [7, 11) is 0. The standard InChI is InChI=1S/C18H14ClNO3/c19-13-6-5-11-8-18(9-12(11)7-13)14-3-1-2-4-15(14)20(17(18)23)10-16(21)22/h1-7H,8-10H2,(H,21,22). The number of aliphatic carboxylic acids is 1. The number of amides is 1. The third-order valence-electron chi connectivity index (χ3n) is 4.81. The second-order valence-corrected chi connectivity index (χ2v) is 6.59. The largest absolute Gasteiger partial charge is 0.480 e. The predicted molar refractivity (Wildman–Crippen MR) is 87.0 cm³/mol. The number of para-hydroxylation sites is 1. The number of carboxylic acid groups (broad SMARTS) is 1. The van der Waals surface area contributed by atoms with Gasteiger partial charge in [-0.1, -0.05) is 35.9 Å². The molecular weight excluding hydrogens is 314 g/mol. The zero-order valence-corrected chi connectivity index (χ0v) is 13.0. The first-order chi connectivity index (χ1) is 11.0. The van der Waals surface area contributed by atoms with E-state index in [9.17, 15) is 9.59 Å². The van der Waals surface area contributed by atoms with Gasteiger partial charge in [0.2, 0.25) is 5.91 Å². The first-order valence-corrected chi connectivity index (χ1v) is 7.80. The molecule has 1 amide bonds. The van der Waals surface area contributed by atoms with Crippen molar-refractivity contribution in [2.24, 2.45) is 0 Å². The number of rotatable bonds is 2. The van der Waals surface area contributed by atoms with Crippen molar-refractivity contribution >= 4 is 29.2 Å². The second kappa shape index (κ2) is 4.83. The fraction of sp³-hybridized carbons (Fsp3) is 0.222. The van der Waals surface area contributed by atoms with E-state index in [4.69, 9.17) is 16.7 Å². The van der Waals surface area contributed by atoms with Crippen LogP contribution in [0.4, 0.5) is 5.69 Å². The number of hydrogen-bond donors (Lipinski definition) is 1. The summed E-state index contributed by atoms with van der Waals surface area (Å²) in [6.07, 6.45) is 1.15. The van der Waals surface area contributed by atoms with Crippen molar-refractivity contribution < 1.29 is 14.7 Å². The molecule has 23 heavy (non-hydrogen) atoms. The topological polar surface area (TPSA) is 57.6 Å². The molecule has 0 aromatic heterocycles. The van der Waals surface area contributed by atoms with Crippen LogP contribution in [0.25, 0.3) is 0 Å². The lowest BCUT2D eigenvalue weighted by atomic mass is 9.79. The molecule has 4 nitrogen and oxygen atoms in total. The van der Waals surface area contributed by atoms with E-state index in [0.29, 0.717) is 23.6 Å². The van der Waals surface area contributed by atoms with E-state index in [1.54, 1.807) is 0 Å². The maximum Gasteiger partial charge on any atom is 0.323 e. The zero-order chi connectivity index (χ0) is 16.2. The number of benzene rings is 2. The van der Waals surface area contributed by atoms with Crippen molar-refractivity contribution in [1.82, 2.24) is 0 Å². The van der Waals surface area contributed by atoms with Gasteiger partial charge in [-0.2, -0.15) is 0 Å². The Morgan fingerprint density at radius 2 is 1.91 bits per heavy atom. The molecule has 116 valence electrons. The van der Waals surface area contributed by atoms with Crippen molar-refractivity contribution in [2.45, 2.75) is 18.3 Å². The molecule has 1 spiro atoms. The summed E-state index contributed by atoms with van der Waals surface area (Å²) >= 11 is 6.08. The quantitative estimate of drug-likeness (QED) is 0.922. The van der Waals surface area contributed by atoms with Crippen LogP contribution in [0.3, 0.4) is 0 Å². The summed E-state index contributed by atoms with van der Waals surface area (Å²) in [5.41, 5.74) is 3.10. The minimum absolute atomic E-state index is 0.131. The summed E-state index contributed by atoms with van der Waals surface area (Å²) < 4.78 is 0. The lowest BCUT2D eigenvalue weighted by molar-refractivity contribution is -0.137. The highest BCUT2D eigenvalue weighted by molar-refractivity contribution is 6.30. The normalized spacial score (nSPS) is 21.6. The second-order valence-electron chi connectivity index (χ2n) is 6.15. The molecule has 1 aliphatic carbocycles. The highest BCUT2D eigenvalue weighted by atomic mass is 35.5. The Bertz CT molecular complexity index is 848. The number of fused-ring (bicyclic) bond motifs is 3. The first-order valence-electron chi connectivity index (χ1n) is 7.42. The molecule has 2 aromatic rings. The average Bonchev–Trinajstić information content (AvgIpc) is 3.00. The van der Waals surface area contributed by atoms with E-state index in [2.05, 4.69) is 0 Å². The van der Waals surface area contributed by atoms with Crippen molar-refractivity contribution in [1.29, 1.82) is 0 Å². The van der Waals surface area contributed by atoms with Gasteiger partial charge in [0.05, 0.1) is 5.41 Å². The summed E-state index contributed by atoms with van der Waals surface area (Å²) in [6.45, 7) is -0.311. The van der Waals surface area contributed by atoms with E-state index in [1.165, 1.54) is 4.90 Å². The SMILES string of the molecule is O=C(O)CN1C(=O)C2(Cc3ccc(Cl)cc3C2)c2ccccc21. The van der Waals surface area contributed by atoms with Crippen LogP contribution in [-0.4, -0.2) is 23.5 Å². The van der Waals surface area contributed by atoms with E-state index >= 15 is 0 Å². The van der Waals surface area contributed by atoms with Crippen molar-refractivity contribution in [3.05, 3.63) is 64.2 Å². The minimum Gasteiger partial charge on any atom is -0.480 e. The van der Waals surface area contributed by atoms with Gasteiger partial charge in [0, 0.05) is 10.7 Å². The summed E-state index contributed by atoms with van der Waals surface area (Å²) in [6, 6.07) is 13.2. The highest BCUT2D eigenvalue weighted by Gasteiger charge is 2.53. The number of carboxylic acids is 1. The average molecular weight is 328 g/mol. The van der Waals surface area contributed by atoms with E-state index < -0.39 is 11.4 Å². The van der Waals surface area contributed by atoms with Crippen LogP contribution in [0.1, 0.15) is 16.7 Å². The molecule has 0 bridgehead atoms. The van der Waals surface area contributed by atoms with Crippen LogP contribution in [0.5, 0.6) is 0 Å². The Morgan fingerprint density at radius 1 is 1.17 bits per heavy atom. The van der Waals surface area contributed by atoms with E-state index in [-0.39, 0.29) is 12.5 Å². The number of carbonyl (C=O) groups is 2. The zero-order valence-electron chi connectivity index (χ0n) is 12.3. The Balaban J connectivity index is 1.84. The summed E-state index contributed by atoms with van der Waals surface area (Å²) in [5, 5.41) is 9.80. The Morgan fingerprint density at radius 3 is 2.70 bits per heavy atom. The molecule has 0 saturated heterocycles. The van der Waals surface area contributed by atoms with Crippen LogP contribution < -0.4 is 4.90 Å². The molecule has 2 aromatic carbocycles. The lowest BCUT2D eigenvalue weighted by Crippen LogP contribution is -2.43. The van der Waals surface area contributed by atoms with Crippen LogP contribution in [-0.2, 0) is 27.8 Å². The third kappa shape index (κ3) is 1.98. The predicted octanol–water partition coefficient (Wildman–Crippen LogP) is 2.81. The lowest BCUT2D eigenvalue weighted by Gasteiger charge is -2.22. The van der Waals surface area contributed by atoms with Gasteiger partial charge in [-0.05, 0) is 47.7 Å². The van der Waals surface area contributed by atoms with Crippen molar-refractivity contribution in [3.63, 3.8) is 0 Å². The molecular formula is C18H14ClNO3. The van der Waals surface area contributed by atoms with Gasteiger partial charge in [0.15, 0.2) is 0 Å². The number of anilines is 1. The van der Waals surface area contributed by atoms with Gasteiger partial charge >= 0.3 is 5.97 Å². The van der Waals surface area contributed by atoms with Gasteiger partial charge in [-0.25, -0.2) is 0 Å². The molecule has 5 heteroatoms. The molecule has 4 rings (SSSR count). The summed E-state index contributed by atoms with van der Waals surface area (Å²) in [4.78, 5) is 25.7. The van der Waals surface area contributed by atoms with Gasteiger partial charge in [-0.3, -0.25) is 9.59 Å². The monoisotopic (exact) mass is 327 g/mol. The fourth-order valence-electron chi connectivity index (χ4n) is 3.87. The smallest absolute Gasteiger partial charge is 0.323 e. The van der Waals surface area contributed by atoms with Crippen LogP contribution in [0.15, 0.2) is 42.5 Å². The number of hydrogen-bond acceptors (Lipinski definition) is 2. The Kier molecular flexibility index (Phi) is 3.00. The summed E-state index contributed by atoms with van der Waals surface area (Å²) in [5.74, 6) is -1.14. The molecule has 1 heterocycles. The number of halogens is 1. The first kappa shape index (κ1) is 14.3. The molecule has 0 saturated carbocycles. The molecule has 2 aliphatic rings. The van der Waals surface area contributed by atoms with Crippen molar-refractivity contribution in [3.8, 4) is 0 Å². The number of nitrogens with zero attached hydrogens (tertiary/aromatic N) is 1. The molecule has 0 radical (unpaired) electrons. The maximum absolute atomic E-state index is 13.1. The van der Waals surface area contributed by atoms with Gasteiger partial charge < -0.3 is 10.0 Å². The van der Waals surface area contributed by atoms with Gasteiger partial charge in [0.25, 0.3) is 0 Å². The number of carbonyl (C=O) groups excluding carboxylic acids is 1. The van der Waals surface area contributed by atoms with Crippen molar-refractivity contribution in [2.75, 3.05) is 11.4 Å². The fourth-order valence-corrected chi connectivity index (χ4v) is 4.07. The maximum atomic E-state index is 13.1. The van der Waals surface area contributed by atoms with Gasteiger partial charge in [0.1, 0.15) is 6.54 Å². The Hall–Kier alpha value is -2.33. The van der Waals surface area contributed by atoms with E-state index in [0.717, 1.165) is 16.7 Å². The minimum atomic E-state index is -1.01. The molecule has 1 N–H and O–H groups in total. The molecule has 1 aliphatic heterocycles. The third-order valence-corrected chi connectivity index (χ3v) is 5.05. The highest BCUT2D eigenvalue weighted by Crippen LogP contribution is 2.49. The van der Waals surface area contributed by atoms with Crippen LogP contribution >= 0.6 is 11.6 Å². The van der Waals surface area contributed by atoms with Crippen LogP contribution in [0, 0.1) is 0 Å².